The number of carbonyl (C=O) groups is 1. The number of anilines is 1. The zero-order valence-corrected chi connectivity index (χ0v) is 13.1. The molecular weight excluding hydrogens is 272 g/mol. The molecule has 0 fully saturated rings. The van der Waals surface area contributed by atoms with Crippen molar-refractivity contribution in [3.63, 3.8) is 0 Å². The number of esters is 1. The van der Waals surface area contributed by atoms with E-state index < -0.39 is 10.9 Å². The van der Waals surface area contributed by atoms with Crippen LogP contribution in [0, 0.1) is 16.0 Å². The van der Waals surface area contributed by atoms with Gasteiger partial charge in [0.05, 0.1) is 17.6 Å². The summed E-state index contributed by atoms with van der Waals surface area (Å²) in [6.45, 7) is 6.21. The zero-order valence-electron chi connectivity index (χ0n) is 13.1. The van der Waals surface area contributed by atoms with E-state index in [1.165, 1.54) is 25.3 Å². The Hall–Kier alpha value is -2.11. The van der Waals surface area contributed by atoms with Crippen LogP contribution in [-0.2, 0) is 4.74 Å². The summed E-state index contributed by atoms with van der Waals surface area (Å²) in [6.07, 6.45) is 0.899. The van der Waals surface area contributed by atoms with Crippen LogP contribution in [0.25, 0.3) is 0 Å². The molecule has 0 saturated heterocycles. The van der Waals surface area contributed by atoms with E-state index in [2.05, 4.69) is 18.6 Å². The molecule has 21 heavy (non-hydrogen) atoms. The standard InChI is InChI=1S/C15H22N2O4/c1-10(2)8-11(3)16(4)14-9-12(15(18)21-5)6-7-13(14)17(19)20/h6-7,9-11H,8H2,1-5H3. The molecule has 0 amide bonds. The lowest BCUT2D eigenvalue weighted by Gasteiger charge is -2.28. The number of hydrogen-bond donors (Lipinski definition) is 0. The highest BCUT2D eigenvalue weighted by Crippen LogP contribution is 2.31. The first kappa shape index (κ1) is 16.9. The molecule has 0 N–H and O–H groups in total. The van der Waals surface area contributed by atoms with Crippen LogP contribution < -0.4 is 4.90 Å². The summed E-state index contributed by atoms with van der Waals surface area (Å²) >= 11 is 0. The summed E-state index contributed by atoms with van der Waals surface area (Å²) in [5.74, 6) is -0.0265. The van der Waals surface area contributed by atoms with Gasteiger partial charge in [0.1, 0.15) is 5.69 Å². The van der Waals surface area contributed by atoms with Crippen LogP contribution in [0.3, 0.4) is 0 Å². The first-order valence-corrected chi connectivity index (χ1v) is 6.87. The van der Waals surface area contributed by atoms with Crippen LogP contribution >= 0.6 is 0 Å². The summed E-state index contributed by atoms with van der Waals surface area (Å²) in [5, 5.41) is 11.2. The van der Waals surface area contributed by atoms with Crippen LogP contribution in [0.15, 0.2) is 18.2 Å². The number of benzene rings is 1. The Labute approximate surface area is 124 Å². The lowest BCUT2D eigenvalue weighted by Crippen LogP contribution is -2.30. The number of ether oxygens (including phenoxy) is 1. The van der Waals surface area contributed by atoms with Gasteiger partial charge in [-0.3, -0.25) is 10.1 Å². The van der Waals surface area contributed by atoms with Crippen LogP contribution in [0.4, 0.5) is 11.4 Å². The van der Waals surface area contributed by atoms with Crippen LogP contribution in [-0.4, -0.2) is 31.1 Å². The largest absolute Gasteiger partial charge is 0.465 e. The minimum absolute atomic E-state index is 0.0132. The van der Waals surface area contributed by atoms with Crippen molar-refractivity contribution in [3.05, 3.63) is 33.9 Å². The van der Waals surface area contributed by atoms with E-state index in [1.807, 2.05) is 11.8 Å². The summed E-state index contributed by atoms with van der Waals surface area (Å²) < 4.78 is 4.67. The quantitative estimate of drug-likeness (QED) is 0.457. The highest BCUT2D eigenvalue weighted by Gasteiger charge is 2.23. The predicted molar refractivity (Wildman–Crippen MR) is 81.8 cm³/mol. The Morgan fingerprint density at radius 2 is 2.00 bits per heavy atom. The second-order valence-corrected chi connectivity index (χ2v) is 5.54. The molecule has 1 aromatic carbocycles. The maximum absolute atomic E-state index is 11.6. The molecule has 0 bridgehead atoms. The third-order valence-electron chi connectivity index (χ3n) is 3.45. The van der Waals surface area contributed by atoms with Crippen molar-refractivity contribution in [2.75, 3.05) is 19.1 Å². The number of nitrogens with zero attached hydrogens (tertiary/aromatic N) is 2. The maximum atomic E-state index is 11.6. The highest BCUT2D eigenvalue weighted by atomic mass is 16.6. The van der Waals surface area contributed by atoms with Gasteiger partial charge < -0.3 is 9.64 Å². The average Bonchev–Trinajstić information content (AvgIpc) is 2.44. The fourth-order valence-electron chi connectivity index (χ4n) is 2.28. The fourth-order valence-corrected chi connectivity index (χ4v) is 2.28. The third kappa shape index (κ3) is 4.18. The van der Waals surface area contributed by atoms with Crippen LogP contribution in [0.5, 0.6) is 0 Å². The van der Waals surface area contributed by atoms with E-state index in [0.29, 0.717) is 17.2 Å². The van der Waals surface area contributed by atoms with E-state index in [0.717, 1.165) is 6.42 Å². The molecule has 1 aromatic rings. The van der Waals surface area contributed by atoms with Gasteiger partial charge in [-0.15, -0.1) is 0 Å². The molecule has 1 rings (SSSR count). The van der Waals surface area contributed by atoms with Crippen molar-refractivity contribution < 1.29 is 14.5 Å². The lowest BCUT2D eigenvalue weighted by atomic mass is 10.0. The number of rotatable bonds is 6. The molecule has 0 aromatic heterocycles. The van der Waals surface area contributed by atoms with Crippen molar-refractivity contribution >= 4 is 17.3 Å². The van der Waals surface area contributed by atoms with Gasteiger partial charge in [-0.2, -0.15) is 0 Å². The molecule has 0 saturated carbocycles. The molecule has 0 aliphatic carbocycles. The molecule has 0 radical (unpaired) electrons. The van der Waals surface area contributed by atoms with Crippen molar-refractivity contribution in [1.29, 1.82) is 0 Å². The molecule has 0 aliphatic rings. The number of nitro benzene ring substituents is 1. The Morgan fingerprint density at radius 1 is 1.38 bits per heavy atom. The summed E-state index contributed by atoms with van der Waals surface area (Å²) in [4.78, 5) is 24.2. The van der Waals surface area contributed by atoms with Crippen LogP contribution in [0.2, 0.25) is 0 Å². The van der Waals surface area contributed by atoms with Crippen molar-refractivity contribution in [3.8, 4) is 0 Å². The van der Waals surface area contributed by atoms with E-state index in [4.69, 9.17) is 0 Å². The Kier molecular flexibility index (Phi) is 5.69. The van der Waals surface area contributed by atoms with Crippen LogP contribution in [0.1, 0.15) is 37.6 Å². The second-order valence-electron chi connectivity index (χ2n) is 5.54. The maximum Gasteiger partial charge on any atom is 0.337 e. The Balaban J connectivity index is 3.22. The molecule has 0 aliphatic heterocycles. The topological polar surface area (TPSA) is 72.7 Å². The van der Waals surface area contributed by atoms with Gasteiger partial charge in [-0.05, 0) is 31.4 Å². The van der Waals surface area contributed by atoms with Crippen molar-refractivity contribution in [1.82, 2.24) is 0 Å². The van der Waals surface area contributed by atoms with Gasteiger partial charge in [0.15, 0.2) is 0 Å². The van der Waals surface area contributed by atoms with E-state index in [-0.39, 0.29) is 11.7 Å². The highest BCUT2D eigenvalue weighted by molar-refractivity contribution is 5.91. The van der Waals surface area contributed by atoms with E-state index >= 15 is 0 Å². The zero-order chi connectivity index (χ0) is 16.2. The number of carbonyl (C=O) groups excluding carboxylic acids is 1. The SMILES string of the molecule is COC(=O)c1ccc([N+](=O)[O-])c(N(C)C(C)CC(C)C)c1. The molecular formula is C15H22N2O4. The van der Waals surface area contributed by atoms with Gasteiger partial charge in [0.2, 0.25) is 0 Å². The Bertz CT molecular complexity index is 528. The van der Waals surface area contributed by atoms with E-state index in [1.54, 1.807) is 7.05 Å². The number of methoxy groups -OCH3 is 1. The normalized spacial score (nSPS) is 12.1. The summed E-state index contributed by atoms with van der Waals surface area (Å²) in [5.41, 5.74) is 0.721. The minimum atomic E-state index is -0.504. The molecule has 116 valence electrons. The number of hydrogen-bond acceptors (Lipinski definition) is 5. The minimum Gasteiger partial charge on any atom is -0.465 e. The third-order valence-corrected chi connectivity index (χ3v) is 3.45. The van der Waals surface area contributed by atoms with Gasteiger partial charge in [-0.25, -0.2) is 4.79 Å². The Morgan fingerprint density at radius 3 is 2.48 bits per heavy atom. The second kappa shape index (κ2) is 7.06. The smallest absolute Gasteiger partial charge is 0.337 e. The first-order chi connectivity index (χ1) is 9.77. The van der Waals surface area contributed by atoms with Gasteiger partial charge >= 0.3 is 5.97 Å². The summed E-state index contributed by atoms with van der Waals surface area (Å²) in [7, 11) is 3.09. The molecule has 1 unspecified atom stereocenters. The van der Waals surface area contributed by atoms with Gasteiger partial charge in [0.25, 0.3) is 5.69 Å². The molecule has 6 heteroatoms. The van der Waals surface area contributed by atoms with Gasteiger partial charge in [-0.1, -0.05) is 13.8 Å². The molecule has 0 spiro atoms. The van der Waals surface area contributed by atoms with E-state index in [9.17, 15) is 14.9 Å². The summed E-state index contributed by atoms with van der Waals surface area (Å²) in [6, 6.07) is 4.40. The van der Waals surface area contributed by atoms with Crippen molar-refractivity contribution in [2.24, 2.45) is 5.92 Å². The van der Waals surface area contributed by atoms with Gasteiger partial charge in [0, 0.05) is 19.2 Å². The number of nitro groups is 1. The van der Waals surface area contributed by atoms with Crippen molar-refractivity contribution in [2.45, 2.75) is 33.2 Å². The monoisotopic (exact) mass is 294 g/mol. The predicted octanol–water partition coefficient (Wildman–Crippen LogP) is 3.25. The molecule has 6 nitrogen and oxygen atoms in total. The first-order valence-electron chi connectivity index (χ1n) is 6.87. The molecule has 1 atom stereocenters. The average molecular weight is 294 g/mol. The fraction of sp³-hybridized carbons (Fsp3) is 0.533. The molecule has 0 heterocycles. The lowest BCUT2D eigenvalue weighted by molar-refractivity contribution is -0.384.